The van der Waals surface area contributed by atoms with Gasteiger partial charge in [0.2, 0.25) is 5.91 Å². The van der Waals surface area contributed by atoms with E-state index in [0.717, 1.165) is 0 Å². The molecular formula is C20H29N5O8. The number of aliphatic carboxylic acids is 1. The molecule has 9 N–H and O–H groups in total. The van der Waals surface area contributed by atoms with Crippen LogP contribution in [0.1, 0.15) is 30.1 Å². The number of aromatic carboxylic acids is 1. The maximum absolute atomic E-state index is 11.9. The molecule has 13 heteroatoms. The summed E-state index contributed by atoms with van der Waals surface area (Å²) in [5.41, 5.74) is 11.0. The average Bonchev–Trinajstić information content (AvgIpc) is 2.74. The fourth-order valence-corrected chi connectivity index (χ4v) is 2.12. The van der Waals surface area contributed by atoms with Crippen molar-refractivity contribution in [3.63, 3.8) is 0 Å². The number of amides is 4. The van der Waals surface area contributed by atoms with Crippen LogP contribution in [0.25, 0.3) is 0 Å². The number of hydrogen-bond donors (Lipinski definition) is 7. The Labute approximate surface area is 190 Å². The minimum atomic E-state index is -1.22. The molecule has 0 heterocycles. The number of primary amides is 1. The van der Waals surface area contributed by atoms with Crippen LogP contribution in [0.4, 0.5) is 15.3 Å². The number of ether oxygens (including phenoxy) is 1. The number of rotatable bonds is 11. The first kappa shape index (κ1) is 28.7. The molecule has 0 aromatic heterocycles. The summed E-state index contributed by atoms with van der Waals surface area (Å²) in [6, 6.07) is 3.22. The van der Waals surface area contributed by atoms with Gasteiger partial charge in [-0.15, -0.1) is 0 Å². The molecule has 0 bridgehead atoms. The lowest BCUT2D eigenvalue weighted by Crippen LogP contribution is -2.50. The molecule has 1 rings (SSSR count). The van der Waals surface area contributed by atoms with Gasteiger partial charge in [0.05, 0.1) is 5.56 Å². The van der Waals surface area contributed by atoms with Crippen LogP contribution in [0.5, 0.6) is 0 Å². The molecule has 0 aliphatic rings. The number of nitrogens with two attached hydrogens (primary N) is 2. The van der Waals surface area contributed by atoms with Crippen molar-refractivity contribution in [2.45, 2.75) is 31.8 Å². The second-order valence-electron chi connectivity index (χ2n) is 6.51. The predicted octanol–water partition coefficient (Wildman–Crippen LogP) is 0.272. The molecule has 2 atom stereocenters. The van der Waals surface area contributed by atoms with Crippen LogP contribution in [0, 0.1) is 0 Å². The van der Waals surface area contributed by atoms with Crippen molar-refractivity contribution < 1.29 is 38.9 Å². The van der Waals surface area contributed by atoms with Crippen LogP contribution < -0.4 is 27.4 Å². The number of benzene rings is 1. The number of carbonyl (C=O) groups is 5. The van der Waals surface area contributed by atoms with E-state index in [1.165, 1.54) is 25.1 Å². The number of nitrogens with one attached hydrogen (secondary N) is 3. The van der Waals surface area contributed by atoms with Gasteiger partial charge < -0.3 is 42.4 Å². The van der Waals surface area contributed by atoms with Crippen molar-refractivity contribution in [3.8, 4) is 0 Å². The SMILES string of the molecule is C=CCOC(=O)N[C@@H](C)C(=O)N[C@@H](CCCNC(N)=O)C(=O)O.Nc1ccc(C(=O)O)cc1. The Hall–Kier alpha value is -4.29. The van der Waals surface area contributed by atoms with Crippen molar-refractivity contribution in [1.82, 2.24) is 16.0 Å². The highest BCUT2D eigenvalue weighted by Crippen LogP contribution is 2.04. The molecule has 0 radical (unpaired) electrons. The number of carboxylic acids is 2. The first-order valence-electron chi connectivity index (χ1n) is 9.67. The summed E-state index contributed by atoms with van der Waals surface area (Å²) in [5.74, 6) is -2.82. The zero-order valence-electron chi connectivity index (χ0n) is 18.1. The maximum Gasteiger partial charge on any atom is 0.408 e. The van der Waals surface area contributed by atoms with Crippen molar-refractivity contribution in [2.75, 3.05) is 18.9 Å². The van der Waals surface area contributed by atoms with Crippen LogP contribution in [-0.4, -0.2) is 65.4 Å². The lowest BCUT2D eigenvalue weighted by atomic mass is 10.1. The Balaban J connectivity index is 0.000000843. The molecule has 0 aliphatic heterocycles. The smallest absolute Gasteiger partial charge is 0.408 e. The Morgan fingerprint density at radius 1 is 1.12 bits per heavy atom. The lowest BCUT2D eigenvalue weighted by Gasteiger charge is -2.18. The summed E-state index contributed by atoms with van der Waals surface area (Å²) in [6.07, 6.45) is 0.952. The molecular weight excluding hydrogens is 438 g/mol. The summed E-state index contributed by atoms with van der Waals surface area (Å²) in [4.78, 5) is 55.0. The molecule has 0 aliphatic carbocycles. The third kappa shape index (κ3) is 13.6. The molecule has 0 unspecified atom stereocenters. The number of nitrogen functional groups attached to an aromatic ring is 1. The molecule has 1 aromatic carbocycles. The van der Waals surface area contributed by atoms with Gasteiger partial charge in [0.1, 0.15) is 18.7 Å². The Kier molecular flexibility index (Phi) is 13.5. The summed E-state index contributed by atoms with van der Waals surface area (Å²) in [5, 5.41) is 24.4. The van der Waals surface area contributed by atoms with Gasteiger partial charge in [-0.1, -0.05) is 12.7 Å². The zero-order valence-corrected chi connectivity index (χ0v) is 18.1. The van der Waals surface area contributed by atoms with Crippen LogP contribution >= 0.6 is 0 Å². The number of anilines is 1. The summed E-state index contributed by atoms with van der Waals surface area (Å²) in [7, 11) is 0. The van der Waals surface area contributed by atoms with E-state index >= 15 is 0 Å². The van der Waals surface area contributed by atoms with Crippen molar-refractivity contribution in [2.24, 2.45) is 5.73 Å². The van der Waals surface area contributed by atoms with Gasteiger partial charge in [-0.25, -0.2) is 19.2 Å². The first-order chi connectivity index (χ1) is 15.5. The predicted molar refractivity (Wildman–Crippen MR) is 118 cm³/mol. The van der Waals surface area contributed by atoms with E-state index in [0.29, 0.717) is 12.1 Å². The van der Waals surface area contributed by atoms with E-state index in [2.05, 4.69) is 27.3 Å². The highest BCUT2D eigenvalue weighted by molar-refractivity contribution is 5.89. The topological polar surface area (TPSA) is 223 Å². The van der Waals surface area contributed by atoms with Gasteiger partial charge >= 0.3 is 24.1 Å². The van der Waals surface area contributed by atoms with Crippen molar-refractivity contribution in [1.29, 1.82) is 0 Å². The zero-order chi connectivity index (χ0) is 25.4. The quantitative estimate of drug-likeness (QED) is 0.134. The molecule has 182 valence electrons. The Morgan fingerprint density at radius 3 is 2.21 bits per heavy atom. The maximum atomic E-state index is 11.9. The first-order valence-corrected chi connectivity index (χ1v) is 9.67. The van der Waals surface area contributed by atoms with Crippen LogP contribution in [0.2, 0.25) is 0 Å². The largest absolute Gasteiger partial charge is 0.480 e. The fraction of sp³-hybridized carbons (Fsp3) is 0.350. The molecule has 0 saturated carbocycles. The highest BCUT2D eigenvalue weighted by Gasteiger charge is 2.23. The Morgan fingerprint density at radius 2 is 1.73 bits per heavy atom. The van der Waals surface area contributed by atoms with Gasteiger partial charge in [-0.05, 0) is 44.0 Å². The van der Waals surface area contributed by atoms with Gasteiger partial charge in [-0.2, -0.15) is 0 Å². The molecule has 33 heavy (non-hydrogen) atoms. The minimum Gasteiger partial charge on any atom is -0.480 e. The average molecular weight is 467 g/mol. The molecule has 0 saturated heterocycles. The van der Waals surface area contributed by atoms with Gasteiger partial charge in [0.15, 0.2) is 0 Å². The fourth-order valence-electron chi connectivity index (χ4n) is 2.12. The second-order valence-corrected chi connectivity index (χ2v) is 6.51. The highest BCUT2D eigenvalue weighted by atomic mass is 16.5. The van der Waals surface area contributed by atoms with Gasteiger partial charge in [0, 0.05) is 12.2 Å². The number of alkyl carbamates (subject to hydrolysis) is 1. The second kappa shape index (κ2) is 15.5. The van der Waals surface area contributed by atoms with Crippen LogP contribution in [-0.2, 0) is 14.3 Å². The molecule has 4 amide bonds. The normalized spacial score (nSPS) is 11.4. The minimum absolute atomic E-state index is 0.00914. The van der Waals surface area contributed by atoms with E-state index in [4.69, 9.17) is 21.7 Å². The van der Waals surface area contributed by atoms with Crippen molar-refractivity contribution >= 4 is 35.7 Å². The molecule has 0 spiro atoms. The summed E-state index contributed by atoms with van der Waals surface area (Å²) in [6.45, 7) is 4.94. The molecule has 13 nitrogen and oxygen atoms in total. The molecule has 0 fully saturated rings. The van der Waals surface area contributed by atoms with Crippen LogP contribution in [0.15, 0.2) is 36.9 Å². The third-order valence-electron chi connectivity index (χ3n) is 3.80. The van der Waals surface area contributed by atoms with Gasteiger partial charge in [-0.3, -0.25) is 4.79 Å². The Bertz CT molecular complexity index is 828. The third-order valence-corrected chi connectivity index (χ3v) is 3.80. The lowest BCUT2D eigenvalue weighted by molar-refractivity contribution is -0.142. The van der Waals surface area contributed by atoms with E-state index in [9.17, 15) is 24.0 Å². The van der Waals surface area contributed by atoms with Crippen LogP contribution in [0.3, 0.4) is 0 Å². The van der Waals surface area contributed by atoms with Gasteiger partial charge in [0.25, 0.3) is 0 Å². The van der Waals surface area contributed by atoms with E-state index in [1.54, 1.807) is 12.1 Å². The summed E-state index contributed by atoms with van der Waals surface area (Å²) < 4.78 is 4.65. The van der Waals surface area contributed by atoms with Crippen molar-refractivity contribution in [3.05, 3.63) is 42.5 Å². The number of urea groups is 1. The van der Waals surface area contributed by atoms with E-state index < -0.39 is 42.1 Å². The molecule has 1 aromatic rings. The number of hydrogen-bond acceptors (Lipinski definition) is 7. The standard InChI is InChI=1S/C13H22N4O6.C7H7NO2/c1-3-7-23-13(22)16-8(2)10(18)17-9(11(19)20)5-4-6-15-12(14)21;8-6-3-1-5(2-4-6)7(9)10/h3,8-9H,1,4-7H2,2H3,(H,16,22)(H,17,18)(H,19,20)(H3,14,15,21);1-4H,8H2,(H,9,10)/t8-,9-;/m0./s1. The monoisotopic (exact) mass is 467 g/mol. The van der Waals surface area contributed by atoms with E-state index in [1.807, 2.05) is 0 Å². The number of carbonyl (C=O) groups excluding carboxylic acids is 3. The van der Waals surface area contributed by atoms with E-state index in [-0.39, 0.29) is 25.1 Å². The summed E-state index contributed by atoms with van der Waals surface area (Å²) >= 11 is 0. The number of carboxylic acid groups (broad SMARTS) is 2.